The maximum absolute atomic E-state index is 11.9. The van der Waals surface area contributed by atoms with Crippen molar-refractivity contribution in [1.82, 2.24) is 14.5 Å². The van der Waals surface area contributed by atoms with Crippen LogP contribution in [0.25, 0.3) is 33.7 Å². The summed E-state index contributed by atoms with van der Waals surface area (Å²) in [5.74, 6) is -0.132. The van der Waals surface area contributed by atoms with E-state index in [0.717, 1.165) is 66.7 Å². The van der Waals surface area contributed by atoms with Crippen LogP contribution in [0.15, 0.2) is 54.7 Å². The molecule has 0 amide bonds. The fraction of sp³-hybridized carbons (Fsp3) is 0.375. The lowest BCUT2D eigenvalue weighted by Crippen LogP contribution is -2.03. The van der Waals surface area contributed by atoms with E-state index in [0.29, 0.717) is 24.1 Å². The van der Waals surface area contributed by atoms with Gasteiger partial charge < -0.3 is 9.30 Å². The Kier molecular flexibility index (Phi) is 10.8. The Morgan fingerprint density at radius 1 is 0.842 bits per heavy atom. The number of rotatable bonds is 11. The molecule has 2 aromatic carbocycles. The van der Waals surface area contributed by atoms with Crippen LogP contribution in [0, 0.1) is 13.8 Å². The number of unbranched alkanes of at least 4 members (excludes halogenated alkanes) is 3. The van der Waals surface area contributed by atoms with E-state index < -0.39 is 0 Å². The molecule has 6 nitrogen and oxygen atoms in total. The van der Waals surface area contributed by atoms with E-state index in [1.165, 1.54) is 11.1 Å². The van der Waals surface area contributed by atoms with E-state index in [1.54, 1.807) is 0 Å². The quantitative estimate of drug-likeness (QED) is 0.116. The van der Waals surface area contributed by atoms with Gasteiger partial charge >= 0.3 is 5.97 Å². The third-order valence-electron chi connectivity index (χ3n) is 6.33. The van der Waals surface area contributed by atoms with Crippen LogP contribution in [0.4, 0.5) is 0 Å². The summed E-state index contributed by atoms with van der Waals surface area (Å²) in [7, 11) is 0. The summed E-state index contributed by atoms with van der Waals surface area (Å²) in [6.07, 6.45) is 6.86. The van der Waals surface area contributed by atoms with Crippen molar-refractivity contribution < 1.29 is 14.3 Å². The number of aromatic nitrogens is 3. The van der Waals surface area contributed by atoms with Crippen molar-refractivity contribution in [2.24, 2.45) is 0 Å². The van der Waals surface area contributed by atoms with Gasteiger partial charge in [-0.15, -0.1) is 0 Å². The number of ether oxygens (including phenoxy) is 1. The van der Waals surface area contributed by atoms with E-state index in [4.69, 9.17) is 14.7 Å². The zero-order valence-corrected chi connectivity index (χ0v) is 23.3. The Morgan fingerprint density at radius 3 is 1.95 bits per heavy atom. The number of carbonyl (C=O) groups is 2. The molecule has 200 valence electrons. The Morgan fingerprint density at radius 2 is 1.39 bits per heavy atom. The summed E-state index contributed by atoms with van der Waals surface area (Å²) >= 11 is 0. The number of fused-ring (bicyclic) bond motifs is 1. The van der Waals surface area contributed by atoms with Gasteiger partial charge in [0.2, 0.25) is 0 Å². The fourth-order valence-corrected chi connectivity index (χ4v) is 4.33. The first-order valence-electron chi connectivity index (χ1n) is 13.7. The second-order valence-electron chi connectivity index (χ2n) is 9.19. The summed E-state index contributed by atoms with van der Waals surface area (Å²) in [6, 6.07) is 16.5. The minimum atomic E-state index is -0.132. The first kappa shape index (κ1) is 28.8. The molecule has 0 aliphatic rings. The normalized spacial score (nSPS) is 10.7. The molecule has 0 spiro atoms. The number of hydrogen-bond donors (Lipinski definition) is 0. The van der Waals surface area contributed by atoms with Gasteiger partial charge in [0, 0.05) is 30.3 Å². The van der Waals surface area contributed by atoms with Crippen molar-refractivity contribution in [3.05, 3.63) is 71.4 Å². The summed E-state index contributed by atoms with van der Waals surface area (Å²) in [4.78, 5) is 33.5. The van der Waals surface area contributed by atoms with Crippen molar-refractivity contribution in [3.8, 4) is 22.5 Å². The standard InChI is InChI=1S/C30H33N3O3.C2H6/c1-4-36-26(35)9-7-5-6-8-18-33-19-25(20-34)29-30(33)32-28(24-16-12-22(3)13-17-24)27(31-29)23-14-10-21(2)11-15-23;1-2/h10-17,19-20H,4-9,18H2,1-3H3;1-2H3. The highest BCUT2D eigenvalue weighted by Gasteiger charge is 2.18. The minimum Gasteiger partial charge on any atom is -0.466 e. The van der Waals surface area contributed by atoms with Gasteiger partial charge in [0.15, 0.2) is 11.9 Å². The van der Waals surface area contributed by atoms with Crippen LogP contribution < -0.4 is 0 Å². The van der Waals surface area contributed by atoms with Crippen molar-refractivity contribution >= 4 is 23.4 Å². The Labute approximate surface area is 226 Å². The maximum Gasteiger partial charge on any atom is 0.305 e. The molecular formula is C32H39N3O3. The molecule has 4 rings (SSSR count). The van der Waals surface area contributed by atoms with Crippen LogP contribution in [0.2, 0.25) is 0 Å². The smallest absolute Gasteiger partial charge is 0.305 e. The molecule has 0 aliphatic carbocycles. The average molecular weight is 514 g/mol. The second-order valence-corrected chi connectivity index (χ2v) is 9.19. The monoisotopic (exact) mass is 513 g/mol. The van der Waals surface area contributed by atoms with Crippen LogP contribution >= 0.6 is 0 Å². The molecule has 0 aliphatic heterocycles. The van der Waals surface area contributed by atoms with Gasteiger partial charge in [0.25, 0.3) is 0 Å². The van der Waals surface area contributed by atoms with E-state index in [1.807, 2.05) is 31.5 Å². The lowest BCUT2D eigenvalue weighted by Gasteiger charge is -2.12. The molecule has 0 unspecified atom stereocenters. The summed E-state index contributed by atoms with van der Waals surface area (Å²) in [6.45, 7) is 11.1. The molecule has 0 atom stereocenters. The van der Waals surface area contributed by atoms with Crippen molar-refractivity contribution in [2.75, 3.05) is 6.61 Å². The van der Waals surface area contributed by atoms with Crippen LogP contribution in [0.5, 0.6) is 0 Å². The lowest BCUT2D eigenvalue weighted by atomic mass is 10.0. The number of nitrogens with zero attached hydrogens (tertiary/aromatic N) is 3. The molecule has 0 N–H and O–H groups in total. The number of hydrogen-bond acceptors (Lipinski definition) is 5. The molecule has 2 heterocycles. The molecule has 0 bridgehead atoms. The molecule has 0 fully saturated rings. The van der Waals surface area contributed by atoms with Crippen LogP contribution in [0.3, 0.4) is 0 Å². The average Bonchev–Trinajstić information content (AvgIpc) is 3.28. The minimum absolute atomic E-state index is 0.132. The predicted molar refractivity (Wildman–Crippen MR) is 154 cm³/mol. The molecule has 0 saturated carbocycles. The molecule has 0 radical (unpaired) electrons. The molecule has 6 heteroatoms. The summed E-state index contributed by atoms with van der Waals surface area (Å²) in [5, 5.41) is 0. The first-order chi connectivity index (χ1) is 18.5. The zero-order chi connectivity index (χ0) is 27.5. The number of esters is 1. The van der Waals surface area contributed by atoms with Gasteiger partial charge in [-0.2, -0.15) is 0 Å². The van der Waals surface area contributed by atoms with Crippen molar-refractivity contribution in [2.45, 2.75) is 73.3 Å². The summed E-state index contributed by atoms with van der Waals surface area (Å²) in [5.41, 5.74) is 7.77. The van der Waals surface area contributed by atoms with Gasteiger partial charge in [-0.05, 0) is 33.6 Å². The lowest BCUT2D eigenvalue weighted by molar-refractivity contribution is -0.143. The molecule has 4 aromatic rings. The number of aldehydes is 1. The Bertz CT molecular complexity index is 1340. The maximum atomic E-state index is 11.9. The van der Waals surface area contributed by atoms with E-state index in [-0.39, 0.29) is 5.97 Å². The summed E-state index contributed by atoms with van der Waals surface area (Å²) < 4.78 is 7.03. The fourth-order valence-electron chi connectivity index (χ4n) is 4.33. The molecular weight excluding hydrogens is 474 g/mol. The first-order valence-corrected chi connectivity index (χ1v) is 13.7. The molecule has 0 saturated heterocycles. The largest absolute Gasteiger partial charge is 0.466 e. The van der Waals surface area contributed by atoms with E-state index >= 15 is 0 Å². The topological polar surface area (TPSA) is 74.1 Å². The van der Waals surface area contributed by atoms with Crippen molar-refractivity contribution in [1.29, 1.82) is 0 Å². The second kappa shape index (κ2) is 14.2. The van der Waals surface area contributed by atoms with Crippen molar-refractivity contribution in [3.63, 3.8) is 0 Å². The van der Waals surface area contributed by atoms with Gasteiger partial charge in [-0.1, -0.05) is 86.3 Å². The Hall–Kier alpha value is -3.80. The Balaban J connectivity index is 0.00000195. The van der Waals surface area contributed by atoms with Gasteiger partial charge in [-0.25, -0.2) is 9.97 Å². The third-order valence-corrected chi connectivity index (χ3v) is 6.33. The van der Waals surface area contributed by atoms with Crippen LogP contribution in [-0.4, -0.2) is 33.4 Å². The number of carbonyl (C=O) groups excluding carboxylic acids is 2. The van der Waals surface area contributed by atoms with Gasteiger partial charge in [-0.3, -0.25) is 9.59 Å². The SMILES string of the molecule is CC.CCOC(=O)CCCCCCn1cc(C=O)c2nc(-c3ccc(C)cc3)c(-c3ccc(C)cc3)nc21. The molecule has 38 heavy (non-hydrogen) atoms. The third kappa shape index (κ3) is 7.15. The van der Waals surface area contributed by atoms with Gasteiger partial charge in [0.05, 0.1) is 23.6 Å². The highest BCUT2D eigenvalue weighted by atomic mass is 16.5. The van der Waals surface area contributed by atoms with Crippen LogP contribution in [0.1, 0.15) is 74.4 Å². The van der Waals surface area contributed by atoms with Gasteiger partial charge in [0.1, 0.15) is 5.52 Å². The number of aryl methyl sites for hydroxylation is 3. The number of benzene rings is 2. The van der Waals surface area contributed by atoms with E-state index in [9.17, 15) is 9.59 Å². The molecule has 2 aromatic heterocycles. The predicted octanol–water partition coefficient (Wildman–Crippen LogP) is 7.73. The zero-order valence-electron chi connectivity index (χ0n) is 23.3. The van der Waals surface area contributed by atoms with E-state index in [2.05, 4.69) is 62.4 Å². The van der Waals surface area contributed by atoms with Crippen LogP contribution in [-0.2, 0) is 16.1 Å². The highest BCUT2D eigenvalue weighted by molar-refractivity contribution is 5.96. The highest BCUT2D eigenvalue weighted by Crippen LogP contribution is 2.32.